The number of halogens is 1. The van der Waals surface area contributed by atoms with Crippen molar-refractivity contribution in [1.82, 2.24) is 15.1 Å². The van der Waals surface area contributed by atoms with Gasteiger partial charge in [0.25, 0.3) is 0 Å². The molecule has 3 aliphatic rings. The molecule has 0 bridgehead atoms. The van der Waals surface area contributed by atoms with Crippen LogP contribution in [0.3, 0.4) is 0 Å². The Morgan fingerprint density at radius 3 is 2.37 bits per heavy atom. The topological polar surface area (TPSA) is 95.7 Å². The van der Waals surface area contributed by atoms with Gasteiger partial charge in [-0.15, -0.1) is 0 Å². The van der Waals surface area contributed by atoms with Crippen molar-refractivity contribution in [3.8, 4) is 0 Å². The Morgan fingerprint density at radius 1 is 1.02 bits per heavy atom. The molecule has 1 spiro atoms. The summed E-state index contributed by atoms with van der Waals surface area (Å²) in [6.07, 6.45) is 8.84. The number of carbonyl (C=O) groups excluding carboxylic acids is 3. The summed E-state index contributed by atoms with van der Waals surface area (Å²) in [7, 11) is 3.75. The molecule has 1 heterocycles. The predicted octanol–water partition coefficient (Wildman–Crippen LogP) is 4.98. The van der Waals surface area contributed by atoms with Gasteiger partial charge >= 0.3 is 0 Å². The number of benzene rings is 2. The average molecular weight is 607 g/mol. The van der Waals surface area contributed by atoms with Crippen LogP contribution in [0.5, 0.6) is 0 Å². The van der Waals surface area contributed by atoms with E-state index in [1.807, 2.05) is 67.5 Å². The number of amides is 3. The molecule has 7 nitrogen and oxygen atoms in total. The zero-order chi connectivity index (χ0) is 30.6. The maximum absolute atomic E-state index is 14.0. The Balaban J connectivity index is 1.27. The second-order valence-corrected chi connectivity index (χ2v) is 13.6. The first-order valence-corrected chi connectivity index (χ1v) is 16.4. The van der Waals surface area contributed by atoms with Gasteiger partial charge in [0.05, 0.1) is 0 Å². The summed E-state index contributed by atoms with van der Waals surface area (Å²) in [6, 6.07) is 14.7. The van der Waals surface area contributed by atoms with Crippen molar-refractivity contribution in [2.45, 2.75) is 76.8 Å². The van der Waals surface area contributed by atoms with Crippen LogP contribution in [-0.4, -0.2) is 60.7 Å². The van der Waals surface area contributed by atoms with Crippen LogP contribution in [0.1, 0.15) is 68.1 Å². The zero-order valence-corrected chi connectivity index (χ0v) is 26.5. The number of aryl methyl sites for hydroxylation is 1. The van der Waals surface area contributed by atoms with Crippen molar-refractivity contribution < 1.29 is 14.4 Å². The Kier molecular flexibility index (Phi) is 10.1. The molecule has 2 aromatic rings. The van der Waals surface area contributed by atoms with Crippen LogP contribution in [0.2, 0.25) is 5.02 Å². The first-order chi connectivity index (χ1) is 20.7. The van der Waals surface area contributed by atoms with Crippen LogP contribution in [-0.2, 0) is 33.8 Å². The van der Waals surface area contributed by atoms with Gasteiger partial charge < -0.3 is 20.9 Å². The molecule has 43 heavy (non-hydrogen) atoms. The van der Waals surface area contributed by atoms with Crippen molar-refractivity contribution in [1.29, 1.82) is 0 Å². The second-order valence-electron chi connectivity index (χ2n) is 13.2. The monoisotopic (exact) mass is 606 g/mol. The van der Waals surface area contributed by atoms with Gasteiger partial charge in [0, 0.05) is 57.5 Å². The van der Waals surface area contributed by atoms with Gasteiger partial charge in [-0.2, -0.15) is 0 Å². The third-order valence-corrected chi connectivity index (χ3v) is 10.8. The Labute approximate surface area is 261 Å². The average Bonchev–Trinajstić information content (AvgIpc) is 3.34. The van der Waals surface area contributed by atoms with E-state index < -0.39 is 6.04 Å². The number of likely N-dealkylation sites (tertiary alicyclic amines) is 1. The van der Waals surface area contributed by atoms with Crippen molar-refractivity contribution in [3.05, 3.63) is 70.2 Å². The van der Waals surface area contributed by atoms with E-state index in [0.717, 1.165) is 42.4 Å². The Hall–Kier alpha value is -2.90. The number of nitrogens with zero attached hydrogens (tertiary/aromatic N) is 2. The molecule has 3 fully saturated rings. The van der Waals surface area contributed by atoms with E-state index in [1.165, 1.54) is 19.3 Å². The lowest BCUT2D eigenvalue weighted by Crippen LogP contribution is -2.53. The molecule has 8 heteroatoms. The molecular weight excluding hydrogens is 560 g/mol. The van der Waals surface area contributed by atoms with Gasteiger partial charge in [-0.05, 0) is 84.6 Å². The summed E-state index contributed by atoms with van der Waals surface area (Å²) in [4.78, 5) is 44.1. The van der Waals surface area contributed by atoms with Gasteiger partial charge in [0.1, 0.15) is 6.04 Å². The van der Waals surface area contributed by atoms with Crippen molar-refractivity contribution in [2.75, 3.05) is 27.2 Å². The second kappa shape index (κ2) is 13.8. The molecule has 3 N–H and O–H groups in total. The van der Waals surface area contributed by atoms with Crippen LogP contribution in [0.25, 0.3) is 0 Å². The molecule has 5 rings (SSSR count). The van der Waals surface area contributed by atoms with E-state index in [4.69, 9.17) is 17.3 Å². The molecule has 1 aliphatic heterocycles. The van der Waals surface area contributed by atoms with E-state index in [-0.39, 0.29) is 35.5 Å². The quantitative estimate of drug-likeness (QED) is 0.421. The largest absolute Gasteiger partial charge is 0.349 e. The molecule has 2 saturated carbocycles. The fourth-order valence-electron chi connectivity index (χ4n) is 8.28. The highest BCUT2D eigenvalue weighted by Gasteiger charge is 2.56. The van der Waals surface area contributed by atoms with Gasteiger partial charge in [-0.1, -0.05) is 60.8 Å². The normalized spacial score (nSPS) is 23.4. The first kappa shape index (κ1) is 31.5. The maximum Gasteiger partial charge on any atom is 0.245 e. The molecular formula is C35H47ClN4O3. The standard InChI is InChI=1S/C35H47ClN4O3/c1-39(2)33(42)29-22-35(30-10-6-5-9-28(29)30)17-19-40(20-18-35)34(43)31(21-24-11-14-27(36)15-12-24)38-32(41)16-13-25-7-3-4-8-26(25)23-37/h3-4,7-8,11-12,14-15,28-31H,5-6,9-10,13,16-23,37H2,1-2H3,(H,38,41)/t28?,29-,30?,31?/m1/s1. The minimum Gasteiger partial charge on any atom is -0.349 e. The van der Waals surface area contributed by atoms with E-state index in [9.17, 15) is 14.4 Å². The molecule has 0 radical (unpaired) electrons. The number of nitrogens with one attached hydrogen (secondary N) is 1. The SMILES string of the molecule is CN(C)C(=O)[C@@H]1CC2(CCN(C(=O)C(Cc3ccc(Cl)cc3)NC(=O)CCc3ccccc3CN)CC2)C2CCCCC21. The summed E-state index contributed by atoms with van der Waals surface area (Å²) < 4.78 is 0. The van der Waals surface area contributed by atoms with Gasteiger partial charge in [-0.25, -0.2) is 0 Å². The number of rotatable bonds is 9. The van der Waals surface area contributed by atoms with Crippen molar-refractivity contribution in [3.63, 3.8) is 0 Å². The molecule has 3 unspecified atom stereocenters. The number of fused-ring (bicyclic) bond motifs is 2. The Morgan fingerprint density at radius 2 is 1.70 bits per heavy atom. The molecule has 4 atom stereocenters. The highest BCUT2D eigenvalue weighted by Crippen LogP contribution is 2.60. The third kappa shape index (κ3) is 7.09. The highest BCUT2D eigenvalue weighted by atomic mass is 35.5. The van der Waals surface area contributed by atoms with Crippen LogP contribution < -0.4 is 11.1 Å². The summed E-state index contributed by atoms with van der Waals surface area (Å²) in [5, 5.41) is 3.72. The fourth-order valence-corrected chi connectivity index (χ4v) is 8.41. The van der Waals surface area contributed by atoms with E-state index in [0.29, 0.717) is 49.3 Å². The fraction of sp³-hybridized carbons (Fsp3) is 0.571. The van der Waals surface area contributed by atoms with E-state index in [2.05, 4.69) is 5.32 Å². The molecule has 232 valence electrons. The minimum absolute atomic E-state index is 0.0281. The van der Waals surface area contributed by atoms with E-state index in [1.54, 1.807) is 4.90 Å². The van der Waals surface area contributed by atoms with Crippen LogP contribution in [0.4, 0.5) is 0 Å². The molecule has 2 aromatic carbocycles. The molecule has 2 aliphatic carbocycles. The first-order valence-electron chi connectivity index (χ1n) is 16.0. The smallest absolute Gasteiger partial charge is 0.245 e. The van der Waals surface area contributed by atoms with Gasteiger partial charge in [0.2, 0.25) is 17.7 Å². The lowest BCUT2D eigenvalue weighted by molar-refractivity contribution is -0.139. The van der Waals surface area contributed by atoms with E-state index >= 15 is 0 Å². The minimum atomic E-state index is -0.651. The number of piperidine rings is 1. The lowest BCUT2D eigenvalue weighted by Gasteiger charge is -2.46. The van der Waals surface area contributed by atoms with Crippen molar-refractivity contribution in [2.24, 2.45) is 28.9 Å². The number of carbonyl (C=O) groups is 3. The molecule has 3 amide bonds. The summed E-state index contributed by atoms with van der Waals surface area (Å²) in [5.74, 6) is 1.23. The predicted molar refractivity (Wildman–Crippen MR) is 170 cm³/mol. The molecule has 0 aromatic heterocycles. The lowest BCUT2D eigenvalue weighted by atomic mass is 9.65. The number of hydrogen-bond donors (Lipinski definition) is 2. The maximum atomic E-state index is 14.0. The van der Waals surface area contributed by atoms with Crippen LogP contribution >= 0.6 is 11.6 Å². The van der Waals surface area contributed by atoms with Gasteiger partial charge in [0.15, 0.2) is 0 Å². The summed E-state index contributed by atoms with van der Waals surface area (Å²) in [6.45, 7) is 1.77. The van der Waals surface area contributed by atoms with Crippen LogP contribution in [0.15, 0.2) is 48.5 Å². The third-order valence-electron chi connectivity index (χ3n) is 10.5. The summed E-state index contributed by atoms with van der Waals surface area (Å²) >= 11 is 6.12. The number of nitrogens with two attached hydrogens (primary N) is 1. The number of hydrogen-bond acceptors (Lipinski definition) is 4. The van der Waals surface area contributed by atoms with Gasteiger partial charge in [-0.3, -0.25) is 14.4 Å². The highest BCUT2D eigenvalue weighted by molar-refractivity contribution is 6.30. The zero-order valence-electron chi connectivity index (χ0n) is 25.7. The molecule has 1 saturated heterocycles. The Bertz CT molecular complexity index is 1290. The van der Waals surface area contributed by atoms with Crippen LogP contribution in [0, 0.1) is 23.2 Å². The van der Waals surface area contributed by atoms with Crippen molar-refractivity contribution >= 4 is 29.3 Å². The summed E-state index contributed by atoms with van der Waals surface area (Å²) in [5.41, 5.74) is 9.07.